The molecule has 3 aromatic rings. The molecule has 1 aromatic carbocycles. The molecule has 0 saturated heterocycles. The average molecular weight is 497 g/mol. The fourth-order valence-corrected chi connectivity index (χ4v) is 3.96. The number of rotatable bonds is 10. The van der Waals surface area contributed by atoms with Crippen molar-refractivity contribution >= 4 is 46.0 Å². The molecule has 0 bridgehead atoms. The summed E-state index contributed by atoms with van der Waals surface area (Å²) in [6.45, 7) is 0. The molecule has 11 heteroatoms. The number of pyridine rings is 2. The Bertz CT molecular complexity index is 1190. The van der Waals surface area contributed by atoms with Gasteiger partial charge < -0.3 is 19.9 Å². The second-order valence-electron chi connectivity index (χ2n) is 8.06. The van der Waals surface area contributed by atoms with Crippen molar-refractivity contribution in [2.24, 2.45) is 0 Å². The second kappa shape index (κ2) is 10.8. The number of benzene rings is 1. The number of ether oxygens (including phenoxy) is 1. The molecular formula is C24H28N6O4S. The maximum absolute atomic E-state index is 12.7. The van der Waals surface area contributed by atoms with Crippen LogP contribution in [0.5, 0.6) is 5.75 Å². The summed E-state index contributed by atoms with van der Waals surface area (Å²) in [5.74, 6) is 1.76. The van der Waals surface area contributed by atoms with Gasteiger partial charge in [0.05, 0.1) is 55.8 Å². The highest BCUT2D eigenvalue weighted by Crippen LogP contribution is 2.43. The van der Waals surface area contributed by atoms with E-state index in [0.717, 1.165) is 18.5 Å². The van der Waals surface area contributed by atoms with Crippen molar-refractivity contribution in [1.82, 2.24) is 15.4 Å². The van der Waals surface area contributed by atoms with E-state index in [1.54, 1.807) is 49.1 Å². The van der Waals surface area contributed by atoms with Gasteiger partial charge in [-0.25, -0.2) is 15.4 Å². The summed E-state index contributed by atoms with van der Waals surface area (Å²) in [5.41, 5.74) is 5.79. The van der Waals surface area contributed by atoms with Gasteiger partial charge >= 0.3 is 0 Å². The Morgan fingerprint density at radius 1 is 1.06 bits per heavy atom. The van der Waals surface area contributed by atoms with Gasteiger partial charge in [-0.3, -0.25) is 9.63 Å². The van der Waals surface area contributed by atoms with E-state index in [0.29, 0.717) is 34.7 Å². The minimum atomic E-state index is -1.23. The fraction of sp³-hybridized carbons (Fsp3) is 0.292. The summed E-state index contributed by atoms with van der Waals surface area (Å²) >= 11 is -1.23. The molecule has 1 atom stereocenters. The molecule has 1 unspecified atom stereocenters. The quantitative estimate of drug-likeness (QED) is 0.283. The van der Waals surface area contributed by atoms with E-state index in [-0.39, 0.29) is 5.56 Å². The van der Waals surface area contributed by atoms with Crippen LogP contribution in [-0.2, 0) is 16.2 Å². The molecule has 0 spiro atoms. The van der Waals surface area contributed by atoms with Crippen LogP contribution in [0.3, 0.4) is 0 Å². The van der Waals surface area contributed by atoms with Crippen LogP contribution >= 0.6 is 0 Å². The van der Waals surface area contributed by atoms with E-state index in [9.17, 15) is 9.35 Å². The molecule has 35 heavy (non-hydrogen) atoms. The van der Waals surface area contributed by atoms with Crippen LogP contribution in [0.25, 0.3) is 0 Å². The topological polar surface area (TPSA) is 124 Å². The molecule has 0 radical (unpaired) electrons. The van der Waals surface area contributed by atoms with Crippen LogP contribution < -0.4 is 25.2 Å². The van der Waals surface area contributed by atoms with Gasteiger partial charge in [0.25, 0.3) is 5.91 Å². The van der Waals surface area contributed by atoms with Gasteiger partial charge in [0.15, 0.2) is 0 Å². The summed E-state index contributed by atoms with van der Waals surface area (Å²) < 4.78 is 19.1. The monoisotopic (exact) mass is 496 g/mol. The van der Waals surface area contributed by atoms with E-state index in [4.69, 9.17) is 9.57 Å². The van der Waals surface area contributed by atoms with Crippen molar-refractivity contribution in [1.29, 1.82) is 0 Å². The third kappa shape index (κ3) is 5.94. The second-order valence-corrected chi connectivity index (χ2v) is 9.45. The average Bonchev–Trinajstić information content (AvgIpc) is 3.70. The van der Waals surface area contributed by atoms with Gasteiger partial charge in [0.2, 0.25) is 0 Å². The predicted octanol–water partition coefficient (Wildman–Crippen LogP) is 3.87. The molecule has 1 saturated carbocycles. The molecular weight excluding hydrogens is 468 g/mol. The van der Waals surface area contributed by atoms with Crippen LogP contribution in [0.2, 0.25) is 0 Å². The van der Waals surface area contributed by atoms with Crippen molar-refractivity contribution in [3.05, 3.63) is 59.9 Å². The molecule has 4 rings (SSSR count). The Morgan fingerprint density at radius 3 is 2.46 bits per heavy atom. The smallest absolute Gasteiger partial charge is 0.278 e. The molecule has 3 N–H and O–H groups in total. The summed E-state index contributed by atoms with van der Waals surface area (Å²) in [6.07, 6.45) is 6.98. The lowest BCUT2D eigenvalue weighted by Crippen LogP contribution is -2.26. The Kier molecular flexibility index (Phi) is 7.59. The number of anilines is 5. The van der Waals surface area contributed by atoms with Crippen LogP contribution in [0.15, 0.2) is 48.8 Å². The third-order valence-electron chi connectivity index (χ3n) is 5.64. The number of nitrogens with zero attached hydrogens (tertiary/aromatic N) is 3. The Labute approximate surface area is 207 Å². The lowest BCUT2D eigenvalue weighted by molar-refractivity contribution is 0.0538. The largest absolute Gasteiger partial charge is 0.593 e. The summed E-state index contributed by atoms with van der Waals surface area (Å²) in [4.78, 5) is 26.1. The number of nitrogens with one attached hydrogen (secondary N) is 3. The third-order valence-corrected chi connectivity index (χ3v) is 6.60. The van der Waals surface area contributed by atoms with Gasteiger partial charge in [-0.15, -0.1) is 0 Å². The summed E-state index contributed by atoms with van der Waals surface area (Å²) in [7, 11) is 4.72. The Morgan fingerprint density at radius 2 is 1.83 bits per heavy atom. The first kappa shape index (κ1) is 24.6. The summed E-state index contributed by atoms with van der Waals surface area (Å²) in [6, 6.07) is 11.3. The molecule has 2 aromatic heterocycles. The van der Waals surface area contributed by atoms with Gasteiger partial charge in [-0.1, -0.05) is 6.07 Å². The van der Waals surface area contributed by atoms with Gasteiger partial charge in [0, 0.05) is 12.3 Å². The number of hydrogen-bond acceptors (Lipinski definition) is 9. The molecule has 1 aliphatic rings. The highest BCUT2D eigenvalue weighted by Gasteiger charge is 2.26. The van der Waals surface area contributed by atoms with Crippen LogP contribution in [0.1, 0.15) is 34.7 Å². The zero-order valence-electron chi connectivity index (χ0n) is 20.0. The number of methoxy groups -OCH3 is 1. The number of carbonyl (C=O) groups excluding carboxylic acids is 1. The van der Waals surface area contributed by atoms with E-state index >= 15 is 0 Å². The van der Waals surface area contributed by atoms with Gasteiger partial charge in [0.1, 0.15) is 29.3 Å². The van der Waals surface area contributed by atoms with Gasteiger partial charge in [-0.05, 0) is 48.6 Å². The lowest BCUT2D eigenvalue weighted by Gasteiger charge is -2.23. The fourth-order valence-electron chi connectivity index (χ4n) is 3.53. The van der Waals surface area contributed by atoms with Crippen LogP contribution in [-0.4, -0.2) is 48.0 Å². The lowest BCUT2D eigenvalue weighted by atomic mass is 10.1. The SMILES string of the molecule is CONC(=O)c1cnc(Nc2ccc(OC)cn2)cc1Nc1ccc(C2CC2)cc1N(C)[S+](C)[O-]. The van der Waals surface area contributed by atoms with Crippen molar-refractivity contribution < 1.29 is 18.9 Å². The van der Waals surface area contributed by atoms with Crippen LogP contribution in [0.4, 0.5) is 28.7 Å². The van der Waals surface area contributed by atoms with E-state index < -0.39 is 17.3 Å². The molecule has 184 valence electrons. The first-order valence-electron chi connectivity index (χ1n) is 11.0. The maximum Gasteiger partial charge on any atom is 0.278 e. The van der Waals surface area contributed by atoms with Crippen molar-refractivity contribution in [3.8, 4) is 5.75 Å². The molecule has 1 amide bonds. The van der Waals surface area contributed by atoms with Crippen molar-refractivity contribution in [2.45, 2.75) is 18.8 Å². The first-order valence-corrected chi connectivity index (χ1v) is 12.5. The normalized spacial score (nSPS) is 13.6. The van der Waals surface area contributed by atoms with E-state index in [1.165, 1.54) is 18.9 Å². The molecule has 1 fully saturated rings. The number of hydroxylamine groups is 1. The minimum absolute atomic E-state index is 0.276. The minimum Gasteiger partial charge on any atom is -0.593 e. The highest BCUT2D eigenvalue weighted by molar-refractivity contribution is 7.92. The zero-order chi connectivity index (χ0) is 24.9. The number of carbonyl (C=O) groups is 1. The molecule has 0 aliphatic heterocycles. The highest BCUT2D eigenvalue weighted by atomic mass is 32.2. The number of aromatic nitrogens is 2. The number of hydrogen-bond donors (Lipinski definition) is 3. The number of amides is 1. The van der Waals surface area contributed by atoms with Gasteiger partial charge in [-0.2, -0.15) is 4.31 Å². The van der Waals surface area contributed by atoms with Crippen LogP contribution in [0, 0.1) is 0 Å². The zero-order valence-corrected chi connectivity index (χ0v) is 20.8. The Balaban J connectivity index is 1.69. The molecule has 2 heterocycles. The van der Waals surface area contributed by atoms with Crippen molar-refractivity contribution in [2.75, 3.05) is 42.5 Å². The predicted molar refractivity (Wildman–Crippen MR) is 137 cm³/mol. The standard InChI is InChI=1S/C24H28N6O4S/c1-30(35(4)32)21-11-16(15-5-6-15)7-9-19(21)27-20-12-23(26-14-18(20)24(31)29-34-3)28-22-10-8-17(33-2)13-25-22/h7-15H,5-6H2,1-4H3,(H,29,31)(H2,25,26,27,28). The molecule has 10 nitrogen and oxygen atoms in total. The first-order chi connectivity index (χ1) is 16.9. The maximum atomic E-state index is 12.7. The van der Waals surface area contributed by atoms with E-state index in [2.05, 4.69) is 38.2 Å². The van der Waals surface area contributed by atoms with E-state index in [1.807, 2.05) is 6.07 Å². The Hall–Kier alpha value is -3.54. The van der Waals surface area contributed by atoms with Crippen molar-refractivity contribution in [3.63, 3.8) is 0 Å². The molecule has 1 aliphatic carbocycles. The summed E-state index contributed by atoms with van der Waals surface area (Å²) in [5, 5.41) is 6.46.